The van der Waals surface area contributed by atoms with E-state index in [4.69, 9.17) is 5.73 Å². The number of fused-ring (bicyclic) bond motifs is 1. The number of nitrogens with two attached hydrogens (primary N) is 1. The van der Waals surface area contributed by atoms with Crippen LogP contribution >= 0.6 is 11.3 Å². The zero-order valence-corrected chi connectivity index (χ0v) is 14.3. The van der Waals surface area contributed by atoms with Gasteiger partial charge in [-0.1, -0.05) is 24.3 Å². The lowest BCUT2D eigenvalue weighted by molar-refractivity contribution is -0.121. The van der Waals surface area contributed by atoms with Gasteiger partial charge >= 0.3 is 0 Å². The van der Waals surface area contributed by atoms with Gasteiger partial charge in [-0.3, -0.25) is 14.5 Å². The van der Waals surface area contributed by atoms with Gasteiger partial charge in [-0.2, -0.15) is 0 Å². The SMILES string of the molecule is C[C@@H](C(=O)Nc1nc(CC(N)=O)cs1)N1CCc2ccccc2C1. The van der Waals surface area contributed by atoms with E-state index in [1.165, 1.54) is 22.5 Å². The molecule has 2 amide bonds. The molecule has 1 aliphatic rings. The van der Waals surface area contributed by atoms with E-state index in [9.17, 15) is 9.59 Å². The third kappa shape index (κ3) is 3.80. The van der Waals surface area contributed by atoms with Crippen LogP contribution in [0.25, 0.3) is 0 Å². The van der Waals surface area contributed by atoms with Crippen LogP contribution in [0.1, 0.15) is 23.7 Å². The highest BCUT2D eigenvalue weighted by Gasteiger charge is 2.25. The van der Waals surface area contributed by atoms with Gasteiger partial charge in [-0.05, 0) is 24.5 Å². The lowest BCUT2D eigenvalue weighted by Gasteiger charge is -2.32. The largest absolute Gasteiger partial charge is 0.369 e. The molecule has 2 heterocycles. The lowest BCUT2D eigenvalue weighted by Crippen LogP contribution is -2.44. The minimum Gasteiger partial charge on any atom is -0.369 e. The molecule has 0 saturated carbocycles. The summed E-state index contributed by atoms with van der Waals surface area (Å²) in [6.45, 7) is 3.53. The van der Waals surface area contributed by atoms with Gasteiger partial charge < -0.3 is 11.1 Å². The Morgan fingerprint density at radius 2 is 2.12 bits per heavy atom. The monoisotopic (exact) mass is 344 g/mol. The minimum atomic E-state index is -0.432. The van der Waals surface area contributed by atoms with Crippen LogP contribution < -0.4 is 11.1 Å². The molecular formula is C17H20N4O2S. The number of carbonyl (C=O) groups excluding carboxylic acids is 2. The van der Waals surface area contributed by atoms with E-state index >= 15 is 0 Å². The maximum Gasteiger partial charge on any atom is 0.243 e. The minimum absolute atomic E-state index is 0.0881. The number of thiazole rings is 1. The molecule has 0 saturated heterocycles. The molecule has 0 spiro atoms. The van der Waals surface area contributed by atoms with Gasteiger partial charge in [0, 0.05) is 18.5 Å². The van der Waals surface area contributed by atoms with Gasteiger partial charge in [0.1, 0.15) is 0 Å². The van der Waals surface area contributed by atoms with Crippen LogP contribution in [0.4, 0.5) is 5.13 Å². The molecule has 2 aromatic rings. The van der Waals surface area contributed by atoms with E-state index in [0.29, 0.717) is 10.8 Å². The Bertz CT molecular complexity index is 759. The summed E-state index contributed by atoms with van der Waals surface area (Å²) in [7, 11) is 0. The molecule has 0 radical (unpaired) electrons. The third-order valence-electron chi connectivity index (χ3n) is 4.22. The summed E-state index contributed by atoms with van der Waals surface area (Å²) in [5, 5.41) is 5.07. The fraction of sp³-hybridized carbons (Fsp3) is 0.353. The molecule has 1 aromatic heterocycles. The van der Waals surface area contributed by atoms with Crippen molar-refractivity contribution in [2.75, 3.05) is 11.9 Å². The van der Waals surface area contributed by atoms with Crippen molar-refractivity contribution in [2.45, 2.75) is 32.4 Å². The molecule has 0 fully saturated rings. The molecule has 0 bridgehead atoms. The molecule has 0 aliphatic carbocycles. The number of aromatic nitrogens is 1. The highest BCUT2D eigenvalue weighted by Crippen LogP contribution is 2.21. The standard InChI is InChI=1S/C17H20N4O2S/c1-11(21-7-6-12-4-2-3-5-13(12)9-21)16(23)20-17-19-14(10-24-17)8-15(18)22/h2-5,10-11H,6-9H2,1H3,(H2,18,22)(H,19,20,23)/t11-/m0/s1. The number of carbonyl (C=O) groups is 2. The number of benzene rings is 1. The second-order valence-electron chi connectivity index (χ2n) is 5.94. The molecule has 24 heavy (non-hydrogen) atoms. The first-order valence-corrected chi connectivity index (χ1v) is 8.75. The van der Waals surface area contributed by atoms with Crippen LogP contribution in [0.3, 0.4) is 0 Å². The van der Waals surface area contributed by atoms with Crippen molar-refractivity contribution in [3.8, 4) is 0 Å². The molecule has 1 aliphatic heterocycles. The van der Waals surface area contributed by atoms with E-state index in [1.54, 1.807) is 5.38 Å². The van der Waals surface area contributed by atoms with Crippen LogP contribution in [-0.2, 0) is 29.0 Å². The Morgan fingerprint density at radius 3 is 2.88 bits per heavy atom. The van der Waals surface area contributed by atoms with Gasteiger partial charge in [0.25, 0.3) is 0 Å². The Labute approximate surface area is 144 Å². The summed E-state index contributed by atoms with van der Waals surface area (Å²) in [6, 6.07) is 8.09. The van der Waals surface area contributed by atoms with Crippen molar-refractivity contribution in [1.29, 1.82) is 0 Å². The fourth-order valence-electron chi connectivity index (χ4n) is 2.85. The number of nitrogens with one attached hydrogen (secondary N) is 1. The van der Waals surface area contributed by atoms with E-state index < -0.39 is 5.91 Å². The average Bonchev–Trinajstić information content (AvgIpc) is 2.99. The third-order valence-corrected chi connectivity index (χ3v) is 5.03. The normalized spacial score (nSPS) is 15.5. The molecule has 1 atom stereocenters. The molecule has 1 aromatic carbocycles. The lowest BCUT2D eigenvalue weighted by atomic mass is 9.99. The molecule has 0 unspecified atom stereocenters. The van der Waals surface area contributed by atoms with Crippen molar-refractivity contribution in [2.24, 2.45) is 5.73 Å². The quantitative estimate of drug-likeness (QED) is 0.861. The second-order valence-corrected chi connectivity index (χ2v) is 6.80. The second kappa shape index (κ2) is 7.11. The van der Waals surface area contributed by atoms with E-state index in [2.05, 4.69) is 33.4 Å². The first-order valence-electron chi connectivity index (χ1n) is 7.87. The van der Waals surface area contributed by atoms with Crippen LogP contribution in [0.5, 0.6) is 0 Å². The number of primary amides is 1. The maximum absolute atomic E-state index is 12.5. The summed E-state index contributed by atoms with van der Waals surface area (Å²) in [5.74, 6) is -0.520. The molecule has 3 N–H and O–H groups in total. The highest BCUT2D eigenvalue weighted by molar-refractivity contribution is 7.13. The number of hydrogen-bond donors (Lipinski definition) is 2. The fourth-order valence-corrected chi connectivity index (χ4v) is 3.56. The number of nitrogens with zero attached hydrogens (tertiary/aromatic N) is 2. The van der Waals surface area contributed by atoms with Crippen LogP contribution in [0.2, 0.25) is 0 Å². The van der Waals surface area contributed by atoms with E-state index in [-0.39, 0.29) is 18.4 Å². The summed E-state index contributed by atoms with van der Waals surface area (Å²) in [4.78, 5) is 29.8. The number of hydrogen-bond acceptors (Lipinski definition) is 5. The number of amides is 2. The maximum atomic E-state index is 12.5. The highest BCUT2D eigenvalue weighted by atomic mass is 32.1. The first kappa shape index (κ1) is 16.6. The number of rotatable bonds is 5. The molecule has 3 rings (SSSR count). The van der Waals surface area contributed by atoms with Crippen molar-refractivity contribution < 1.29 is 9.59 Å². The summed E-state index contributed by atoms with van der Waals surface area (Å²) >= 11 is 1.30. The van der Waals surface area contributed by atoms with E-state index in [0.717, 1.165) is 19.5 Å². The summed E-state index contributed by atoms with van der Waals surface area (Å²) in [6.07, 6.45) is 1.04. The van der Waals surface area contributed by atoms with Crippen LogP contribution in [-0.4, -0.2) is 34.3 Å². The van der Waals surface area contributed by atoms with Gasteiger partial charge in [-0.15, -0.1) is 11.3 Å². The van der Waals surface area contributed by atoms with Gasteiger partial charge in [-0.25, -0.2) is 4.98 Å². The zero-order chi connectivity index (χ0) is 17.1. The predicted octanol–water partition coefficient (Wildman–Crippen LogP) is 1.56. The Balaban J connectivity index is 1.61. The van der Waals surface area contributed by atoms with E-state index in [1.807, 2.05) is 13.0 Å². The molecule has 6 nitrogen and oxygen atoms in total. The van der Waals surface area contributed by atoms with Crippen LogP contribution in [0, 0.1) is 0 Å². The topological polar surface area (TPSA) is 88.3 Å². The van der Waals surface area contributed by atoms with Crippen molar-refractivity contribution >= 4 is 28.3 Å². The van der Waals surface area contributed by atoms with Crippen molar-refractivity contribution in [1.82, 2.24) is 9.88 Å². The molecule has 126 valence electrons. The predicted molar refractivity (Wildman–Crippen MR) is 93.7 cm³/mol. The van der Waals surface area contributed by atoms with Crippen molar-refractivity contribution in [3.63, 3.8) is 0 Å². The first-order chi connectivity index (χ1) is 11.5. The zero-order valence-electron chi connectivity index (χ0n) is 13.5. The van der Waals surface area contributed by atoms with Crippen molar-refractivity contribution in [3.05, 3.63) is 46.5 Å². The Hall–Kier alpha value is -2.25. The Morgan fingerprint density at radius 1 is 1.38 bits per heavy atom. The number of anilines is 1. The van der Waals surface area contributed by atoms with Gasteiger partial charge in [0.15, 0.2) is 5.13 Å². The van der Waals surface area contributed by atoms with Gasteiger partial charge in [0.05, 0.1) is 18.2 Å². The van der Waals surface area contributed by atoms with Gasteiger partial charge in [0.2, 0.25) is 11.8 Å². The molecule has 7 heteroatoms. The van der Waals surface area contributed by atoms with Crippen LogP contribution in [0.15, 0.2) is 29.6 Å². The summed E-state index contributed by atoms with van der Waals surface area (Å²) in [5.41, 5.74) is 8.37. The Kier molecular flexibility index (Phi) is 4.92. The summed E-state index contributed by atoms with van der Waals surface area (Å²) < 4.78 is 0. The smallest absolute Gasteiger partial charge is 0.243 e. The average molecular weight is 344 g/mol. The molecular weight excluding hydrogens is 324 g/mol.